The maximum Gasteiger partial charge on any atom is 0.267 e. The van der Waals surface area contributed by atoms with Gasteiger partial charge in [0, 0.05) is 31.9 Å². The Bertz CT molecular complexity index is 1520. The van der Waals surface area contributed by atoms with E-state index in [-0.39, 0.29) is 16.5 Å². The van der Waals surface area contributed by atoms with Crippen LogP contribution in [0.15, 0.2) is 53.7 Å². The molecule has 0 saturated heterocycles. The Morgan fingerprint density at radius 3 is 2.53 bits per heavy atom. The Kier molecular flexibility index (Phi) is 6.24. The second-order valence-corrected chi connectivity index (χ2v) is 9.48. The first kappa shape index (κ1) is 23.6. The molecule has 0 fully saturated rings. The highest BCUT2D eigenvalue weighted by atomic mass is 35.5. The van der Waals surface area contributed by atoms with Gasteiger partial charge in [0.15, 0.2) is 10.7 Å². The van der Waals surface area contributed by atoms with Crippen molar-refractivity contribution in [1.82, 2.24) is 15.0 Å². The topological polar surface area (TPSA) is 97.3 Å². The van der Waals surface area contributed by atoms with Crippen molar-refractivity contribution < 1.29 is 21.9 Å². The smallest absolute Gasteiger partial charge is 0.267 e. The number of halogens is 3. The first-order valence-electron chi connectivity index (χ1n) is 9.75. The third-order valence-electron chi connectivity index (χ3n) is 4.86. The predicted octanol–water partition coefficient (Wildman–Crippen LogP) is 4.50. The van der Waals surface area contributed by atoms with Gasteiger partial charge in [-0.3, -0.25) is 4.72 Å². The number of fused-ring (bicyclic) bond motifs is 1. The van der Waals surface area contributed by atoms with E-state index in [0.717, 1.165) is 18.2 Å². The van der Waals surface area contributed by atoms with Crippen LogP contribution in [0.1, 0.15) is 0 Å². The molecule has 0 aliphatic carbocycles. The minimum Gasteiger partial charge on any atom is -0.480 e. The van der Waals surface area contributed by atoms with Gasteiger partial charge in [0.25, 0.3) is 10.0 Å². The van der Waals surface area contributed by atoms with Crippen LogP contribution in [-0.2, 0) is 10.0 Å². The van der Waals surface area contributed by atoms with Gasteiger partial charge in [0.1, 0.15) is 5.82 Å². The quantitative estimate of drug-likeness (QED) is 0.412. The molecule has 1 N–H and O–H groups in total. The number of nitrogens with one attached hydrogen (secondary N) is 1. The Morgan fingerprint density at radius 2 is 1.82 bits per heavy atom. The summed E-state index contributed by atoms with van der Waals surface area (Å²) >= 11 is 5.87. The molecular weight excluding hydrogens is 488 g/mol. The van der Waals surface area contributed by atoms with Crippen molar-refractivity contribution in [3.63, 3.8) is 0 Å². The summed E-state index contributed by atoms with van der Waals surface area (Å²) in [5.74, 6) is -1.71. The van der Waals surface area contributed by atoms with E-state index in [1.165, 1.54) is 25.4 Å². The fraction of sp³-hybridized carbons (Fsp3) is 0.136. The SMILES string of the molecule is COc1ncc(Cl)cc1S(=O)(=O)Nc1ccc(F)c(-c2ccc3nc(N(C)C)ncc3c2)c1F. The molecule has 0 aliphatic heterocycles. The zero-order chi connectivity index (χ0) is 24.6. The van der Waals surface area contributed by atoms with Crippen molar-refractivity contribution >= 4 is 44.2 Å². The van der Waals surface area contributed by atoms with Gasteiger partial charge in [-0.25, -0.2) is 32.2 Å². The molecular formula is C22H18ClF2N5O3S. The number of anilines is 2. The molecule has 0 saturated carbocycles. The van der Waals surface area contributed by atoms with E-state index in [4.69, 9.17) is 16.3 Å². The normalized spacial score (nSPS) is 11.5. The van der Waals surface area contributed by atoms with Crippen molar-refractivity contribution in [3.8, 4) is 17.0 Å². The summed E-state index contributed by atoms with van der Waals surface area (Å²) in [5.41, 5.74) is -0.0971. The third kappa shape index (κ3) is 4.44. The number of hydrogen-bond acceptors (Lipinski definition) is 7. The molecule has 0 bridgehead atoms. The highest BCUT2D eigenvalue weighted by Gasteiger charge is 2.25. The Morgan fingerprint density at radius 1 is 1.06 bits per heavy atom. The summed E-state index contributed by atoms with van der Waals surface area (Å²) in [6.45, 7) is 0. The minimum atomic E-state index is -4.37. The highest BCUT2D eigenvalue weighted by Crippen LogP contribution is 2.34. The van der Waals surface area contributed by atoms with E-state index in [1.54, 1.807) is 31.3 Å². The van der Waals surface area contributed by atoms with Crippen LogP contribution in [0.25, 0.3) is 22.0 Å². The van der Waals surface area contributed by atoms with Gasteiger partial charge in [0.05, 0.1) is 28.9 Å². The van der Waals surface area contributed by atoms with Gasteiger partial charge >= 0.3 is 0 Å². The molecule has 176 valence electrons. The number of benzene rings is 2. The largest absolute Gasteiger partial charge is 0.480 e. The van der Waals surface area contributed by atoms with E-state index in [1.807, 2.05) is 0 Å². The van der Waals surface area contributed by atoms with E-state index >= 15 is 4.39 Å². The second-order valence-electron chi connectivity index (χ2n) is 7.39. The van der Waals surface area contributed by atoms with Gasteiger partial charge in [-0.15, -0.1) is 0 Å². The lowest BCUT2D eigenvalue weighted by molar-refractivity contribution is 0.385. The maximum absolute atomic E-state index is 15.4. The van der Waals surface area contributed by atoms with Crippen molar-refractivity contribution in [3.05, 3.63) is 65.4 Å². The molecule has 0 spiro atoms. The van der Waals surface area contributed by atoms with E-state index in [9.17, 15) is 12.8 Å². The van der Waals surface area contributed by atoms with Crippen molar-refractivity contribution in [2.24, 2.45) is 0 Å². The molecule has 34 heavy (non-hydrogen) atoms. The van der Waals surface area contributed by atoms with Crippen LogP contribution in [0.4, 0.5) is 20.4 Å². The van der Waals surface area contributed by atoms with Gasteiger partial charge in [-0.05, 0) is 35.9 Å². The van der Waals surface area contributed by atoms with Gasteiger partial charge < -0.3 is 9.64 Å². The first-order valence-corrected chi connectivity index (χ1v) is 11.6. The van der Waals surface area contributed by atoms with Crippen LogP contribution in [0.3, 0.4) is 0 Å². The zero-order valence-electron chi connectivity index (χ0n) is 18.2. The van der Waals surface area contributed by atoms with Gasteiger partial charge in [-0.2, -0.15) is 0 Å². The lowest BCUT2D eigenvalue weighted by atomic mass is 10.0. The summed E-state index contributed by atoms with van der Waals surface area (Å²) in [7, 11) is 0.450. The fourth-order valence-electron chi connectivity index (χ4n) is 3.24. The highest BCUT2D eigenvalue weighted by molar-refractivity contribution is 7.92. The Balaban J connectivity index is 1.77. The van der Waals surface area contributed by atoms with Crippen LogP contribution in [0.5, 0.6) is 5.88 Å². The standard InChI is InChI=1S/C22H18ClF2N5O3S/c1-30(2)22-27-10-13-8-12(4-6-16(13)28-22)19-15(24)5-7-17(20(19)25)29-34(31,32)18-9-14(23)11-26-21(18)33-3/h4-11,29H,1-3H3. The molecule has 2 aromatic carbocycles. The average molecular weight is 506 g/mol. The van der Waals surface area contributed by atoms with Crippen molar-refractivity contribution in [2.45, 2.75) is 4.90 Å². The number of ether oxygens (including phenoxy) is 1. The molecule has 0 amide bonds. The van der Waals surface area contributed by atoms with Crippen LogP contribution in [0, 0.1) is 11.6 Å². The fourth-order valence-corrected chi connectivity index (χ4v) is 4.67. The number of pyridine rings is 1. The number of rotatable bonds is 6. The Labute approximate surface area is 199 Å². The summed E-state index contributed by atoms with van der Waals surface area (Å²) < 4.78 is 63.0. The zero-order valence-corrected chi connectivity index (χ0v) is 19.7. The summed E-state index contributed by atoms with van der Waals surface area (Å²) in [6, 6.07) is 7.71. The molecule has 0 atom stereocenters. The van der Waals surface area contributed by atoms with Gasteiger partial charge in [-0.1, -0.05) is 17.7 Å². The Hall–Kier alpha value is -3.57. The van der Waals surface area contributed by atoms with E-state index < -0.39 is 37.8 Å². The lowest BCUT2D eigenvalue weighted by Crippen LogP contribution is -2.16. The number of methoxy groups -OCH3 is 1. The monoisotopic (exact) mass is 505 g/mol. The van der Waals surface area contributed by atoms with E-state index in [2.05, 4.69) is 19.7 Å². The number of sulfonamides is 1. The van der Waals surface area contributed by atoms with Crippen molar-refractivity contribution in [2.75, 3.05) is 30.8 Å². The van der Waals surface area contributed by atoms with Gasteiger partial charge in [0.2, 0.25) is 11.8 Å². The summed E-state index contributed by atoms with van der Waals surface area (Å²) in [5, 5.41) is 0.597. The summed E-state index contributed by atoms with van der Waals surface area (Å²) in [4.78, 5) is 13.7. The number of hydrogen-bond donors (Lipinski definition) is 1. The van der Waals surface area contributed by atoms with Crippen LogP contribution >= 0.6 is 11.6 Å². The van der Waals surface area contributed by atoms with Crippen LogP contribution < -0.4 is 14.4 Å². The molecule has 2 heterocycles. The number of aromatic nitrogens is 3. The number of nitrogens with zero attached hydrogens (tertiary/aromatic N) is 4. The third-order valence-corrected chi connectivity index (χ3v) is 6.43. The molecule has 4 aromatic rings. The molecule has 2 aromatic heterocycles. The van der Waals surface area contributed by atoms with Crippen molar-refractivity contribution in [1.29, 1.82) is 0 Å². The second kappa shape index (κ2) is 8.99. The van der Waals surface area contributed by atoms with E-state index in [0.29, 0.717) is 16.9 Å². The average Bonchev–Trinajstić information content (AvgIpc) is 2.80. The molecule has 12 heteroatoms. The molecule has 0 unspecified atom stereocenters. The molecule has 8 nitrogen and oxygen atoms in total. The molecule has 4 rings (SSSR count). The predicted molar refractivity (Wildman–Crippen MR) is 126 cm³/mol. The molecule has 0 radical (unpaired) electrons. The van der Waals surface area contributed by atoms with Crippen LogP contribution in [0.2, 0.25) is 5.02 Å². The minimum absolute atomic E-state index is 0.0391. The first-order chi connectivity index (χ1) is 16.1. The molecule has 0 aliphatic rings. The van der Waals surface area contributed by atoms with Crippen LogP contribution in [-0.4, -0.2) is 44.6 Å². The lowest BCUT2D eigenvalue weighted by Gasteiger charge is -2.14. The maximum atomic E-state index is 15.4. The summed E-state index contributed by atoms with van der Waals surface area (Å²) in [6.07, 6.45) is 2.75.